The number of nitrogens with zero attached hydrogens (tertiary/aromatic N) is 2. The van der Waals surface area contributed by atoms with E-state index < -0.39 is 0 Å². The zero-order chi connectivity index (χ0) is 25.4. The van der Waals surface area contributed by atoms with Gasteiger partial charge in [0.15, 0.2) is 0 Å². The quantitative estimate of drug-likeness (QED) is 0.343. The van der Waals surface area contributed by atoms with Crippen molar-refractivity contribution in [2.45, 2.75) is 82.1 Å². The first-order valence-electron chi connectivity index (χ1n) is 12.9. The van der Waals surface area contributed by atoms with E-state index in [1.54, 1.807) is 0 Å². The maximum absolute atomic E-state index is 5.17. The van der Waals surface area contributed by atoms with Gasteiger partial charge in [0.25, 0.3) is 0 Å². The lowest BCUT2D eigenvalue weighted by Gasteiger charge is -2.24. The zero-order valence-corrected chi connectivity index (χ0v) is 23.1. The highest BCUT2D eigenvalue weighted by Gasteiger charge is 2.30. The number of allylic oxidation sites excluding steroid dienone is 16. The Morgan fingerprint density at radius 3 is 1.43 bits per heavy atom. The Bertz CT molecular complexity index is 1430. The van der Waals surface area contributed by atoms with Gasteiger partial charge in [0.05, 0.1) is 22.8 Å². The third kappa shape index (κ3) is 3.78. The first kappa shape index (κ1) is 23.7. The van der Waals surface area contributed by atoms with E-state index in [0.717, 1.165) is 35.7 Å². The Labute approximate surface area is 211 Å². The van der Waals surface area contributed by atoms with Gasteiger partial charge < -0.3 is 0 Å². The molecule has 2 nitrogen and oxygen atoms in total. The molecule has 0 aromatic heterocycles. The van der Waals surface area contributed by atoms with E-state index in [-0.39, 0.29) is 5.41 Å². The molecule has 2 aliphatic carbocycles. The van der Waals surface area contributed by atoms with E-state index in [1.165, 1.54) is 66.9 Å². The molecule has 0 amide bonds. The summed E-state index contributed by atoms with van der Waals surface area (Å²) in [6.07, 6.45) is 11.2. The first-order chi connectivity index (χ1) is 16.4. The molecule has 8 bridgehead atoms. The molecular formula is C33H38N2. The average molecular weight is 463 g/mol. The molecular weight excluding hydrogens is 424 g/mol. The first-order valence-corrected chi connectivity index (χ1v) is 12.9. The summed E-state index contributed by atoms with van der Waals surface area (Å²) >= 11 is 0. The maximum atomic E-state index is 5.17. The van der Waals surface area contributed by atoms with Crippen LogP contribution in [0.4, 0.5) is 0 Å². The molecule has 0 atom stereocenters. The Kier molecular flexibility index (Phi) is 5.43. The molecule has 3 heterocycles. The number of hydrogen-bond acceptors (Lipinski definition) is 2. The monoisotopic (exact) mass is 462 g/mol. The van der Waals surface area contributed by atoms with Crippen LogP contribution in [0.3, 0.4) is 0 Å². The van der Waals surface area contributed by atoms with Crippen LogP contribution >= 0.6 is 0 Å². The molecule has 2 heteroatoms. The van der Waals surface area contributed by atoms with Gasteiger partial charge in [-0.1, -0.05) is 20.8 Å². The van der Waals surface area contributed by atoms with Crippen LogP contribution in [0.1, 0.15) is 82.1 Å². The van der Waals surface area contributed by atoms with Gasteiger partial charge in [-0.3, -0.25) is 0 Å². The van der Waals surface area contributed by atoms with Crippen LogP contribution in [-0.2, 0) is 0 Å². The summed E-state index contributed by atoms with van der Waals surface area (Å²) in [6, 6.07) is 0. The molecule has 5 rings (SSSR count). The van der Waals surface area contributed by atoms with Crippen LogP contribution < -0.4 is 0 Å². The predicted molar refractivity (Wildman–Crippen MR) is 151 cm³/mol. The molecule has 0 aromatic carbocycles. The predicted octanol–water partition coefficient (Wildman–Crippen LogP) is 9.01. The Balaban J connectivity index is 1.79. The molecule has 5 aliphatic rings. The fraction of sp³-hybridized carbons (Fsp3) is 0.394. The molecule has 0 saturated carbocycles. The molecule has 3 aliphatic heterocycles. The SMILES string of the molecule is CC1=C2C=C3N=C(C=C4CC(=CC5=NC(=CC(=C1C(C)(C)C)C2)C(C)=C5C)C(C)=C4C)C(C)=C3C. The lowest BCUT2D eigenvalue weighted by Crippen LogP contribution is -2.10. The van der Waals surface area contributed by atoms with Gasteiger partial charge >= 0.3 is 0 Å². The van der Waals surface area contributed by atoms with E-state index in [4.69, 9.17) is 9.98 Å². The lowest BCUT2D eigenvalue weighted by atomic mass is 9.81. The minimum atomic E-state index is 0.0628. The zero-order valence-electron chi connectivity index (χ0n) is 23.1. The van der Waals surface area contributed by atoms with Crippen molar-refractivity contribution in [3.05, 3.63) is 103 Å². The molecule has 35 heavy (non-hydrogen) atoms. The van der Waals surface area contributed by atoms with Crippen LogP contribution in [-0.4, -0.2) is 11.4 Å². The Morgan fingerprint density at radius 2 is 0.971 bits per heavy atom. The molecule has 0 radical (unpaired) electrons. The van der Waals surface area contributed by atoms with Gasteiger partial charge in [-0.05, 0) is 158 Å². The van der Waals surface area contributed by atoms with Crippen molar-refractivity contribution in [3.8, 4) is 0 Å². The summed E-state index contributed by atoms with van der Waals surface area (Å²) in [5, 5.41) is 0. The van der Waals surface area contributed by atoms with Crippen molar-refractivity contribution in [1.82, 2.24) is 0 Å². The van der Waals surface area contributed by atoms with Crippen molar-refractivity contribution in [2.24, 2.45) is 15.4 Å². The summed E-state index contributed by atoms with van der Waals surface area (Å²) in [5.41, 5.74) is 20.8. The highest BCUT2D eigenvalue weighted by molar-refractivity contribution is 6.14. The van der Waals surface area contributed by atoms with E-state index >= 15 is 0 Å². The molecule has 0 spiro atoms. The fourth-order valence-corrected chi connectivity index (χ4v) is 6.01. The summed E-state index contributed by atoms with van der Waals surface area (Å²) in [6.45, 7) is 22.6. The minimum Gasteiger partial charge on any atom is -0.248 e. The van der Waals surface area contributed by atoms with E-state index in [9.17, 15) is 0 Å². The smallest absolute Gasteiger partial charge is 0.0672 e. The number of fused-ring (bicyclic) bond motifs is 6. The molecule has 180 valence electrons. The second-order valence-corrected chi connectivity index (χ2v) is 11.8. The molecule has 0 N–H and O–H groups in total. The van der Waals surface area contributed by atoms with Crippen LogP contribution in [0.5, 0.6) is 0 Å². The van der Waals surface area contributed by atoms with E-state index in [1.807, 2.05) is 0 Å². The summed E-state index contributed by atoms with van der Waals surface area (Å²) in [4.78, 5) is 10.3. The fourth-order valence-electron chi connectivity index (χ4n) is 6.01. The van der Waals surface area contributed by atoms with Crippen LogP contribution in [0.15, 0.2) is 113 Å². The van der Waals surface area contributed by atoms with Crippen molar-refractivity contribution >= 4 is 11.4 Å². The van der Waals surface area contributed by atoms with Crippen molar-refractivity contribution in [1.29, 1.82) is 0 Å². The maximum Gasteiger partial charge on any atom is 0.0672 e. The number of aliphatic imine (C=N–C) groups is 2. The van der Waals surface area contributed by atoms with Gasteiger partial charge in [-0.2, -0.15) is 0 Å². The third-order valence-corrected chi connectivity index (χ3v) is 8.60. The van der Waals surface area contributed by atoms with E-state index in [2.05, 4.69) is 93.5 Å². The standard InChI is InChI=1S/C33H38N2/c1-17-18(2)25-11-24(17)13-28-19(3)20(4)30(34-28)15-26-12-27(32(23(26)7)33(8,9)10)16-31-22(6)21(5)29(14-25)35-31/h13-16H,11-12H2,1-10H3. The molecule has 0 aromatic rings. The highest BCUT2D eigenvalue weighted by Crippen LogP contribution is 2.46. The Hall–Kier alpha value is -3.00. The third-order valence-electron chi connectivity index (χ3n) is 8.60. The normalized spacial score (nSPS) is 22.8. The molecule has 0 fully saturated rings. The second kappa shape index (κ2) is 8.01. The van der Waals surface area contributed by atoms with Crippen LogP contribution in [0.25, 0.3) is 0 Å². The number of hydrogen-bond donors (Lipinski definition) is 0. The number of rotatable bonds is 0. The van der Waals surface area contributed by atoms with Crippen molar-refractivity contribution in [2.75, 3.05) is 0 Å². The van der Waals surface area contributed by atoms with Crippen molar-refractivity contribution in [3.63, 3.8) is 0 Å². The summed E-state index contributed by atoms with van der Waals surface area (Å²) < 4.78 is 0. The van der Waals surface area contributed by atoms with Gasteiger partial charge in [0.2, 0.25) is 0 Å². The van der Waals surface area contributed by atoms with Gasteiger partial charge in [0.1, 0.15) is 0 Å². The summed E-state index contributed by atoms with van der Waals surface area (Å²) in [5.74, 6) is 0. The molecule has 0 saturated heterocycles. The topological polar surface area (TPSA) is 24.7 Å². The van der Waals surface area contributed by atoms with Gasteiger partial charge in [0, 0.05) is 0 Å². The largest absolute Gasteiger partial charge is 0.248 e. The lowest BCUT2D eigenvalue weighted by molar-refractivity contribution is 0.509. The summed E-state index contributed by atoms with van der Waals surface area (Å²) in [7, 11) is 0. The minimum absolute atomic E-state index is 0.0628. The van der Waals surface area contributed by atoms with E-state index in [0.29, 0.717) is 0 Å². The van der Waals surface area contributed by atoms with Crippen LogP contribution in [0.2, 0.25) is 0 Å². The van der Waals surface area contributed by atoms with Gasteiger partial charge in [-0.15, -0.1) is 0 Å². The van der Waals surface area contributed by atoms with Crippen LogP contribution in [0, 0.1) is 5.41 Å². The average Bonchev–Trinajstić information content (AvgIpc) is 3.41. The highest BCUT2D eigenvalue weighted by atomic mass is 14.8. The van der Waals surface area contributed by atoms with Crippen molar-refractivity contribution < 1.29 is 0 Å². The van der Waals surface area contributed by atoms with Gasteiger partial charge in [-0.25, -0.2) is 9.98 Å². The Morgan fingerprint density at radius 1 is 0.514 bits per heavy atom. The second-order valence-electron chi connectivity index (χ2n) is 11.8. The molecule has 0 unspecified atom stereocenters.